The van der Waals surface area contributed by atoms with Crippen molar-refractivity contribution in [3.63, 3.8) is 0 Å². The Bertz CT molecular complexity index is 733. The van der Waals surface area contributed by atoms with Gasteiger partial charge in [-0.25, -0.2) is 18.1 Å². The summed E-state index contributed by atoms with van der Waals surface area (Å²) in [7, 11) is -3.63. The van der Waals surface area contributed by atoms with Crippen molar-refractivity contribution in [2.75, 3.05) is 0 Å². The summed E-state index contributed by atoms with van der Waals surface area (Å²) in [4.78, 5) is 16.4. The van der Waals surface area contributed by atoms with Crippen molar-refractivity contribution in [2.24, 2.45) is 0 Å². The molecule has 0 atom stereocenters. The van der Waals surface area contributed by atoms with Crippen molar-refractivity contribution in [3.05, 3.63) is 33.1 Å². The van der Waals surface area contributed by atoms with E-state index in [1.54, 1.807) is 6.20 Å². The number of carboxylic acid groups (broad SMARTS) is 1. The summed E-state index contributed by atoms with van der Waals surface area (Å²) < 4.78 is 26.8. The maximum absolute atomic E-state index is 12.1. The van der Waals surface area contributed by atoms with Crippen LogP contribution in [0, 0.1) is 0 Å². The van der Waals surface area contributed by atoms with Crippen LogP contribution in [0.3, 0.4) is 0 Å². The van der Waals surface area contributed by atoms with E-state index in [-0.39, 0.29) is 17.2 Å². The van der Waals surface area contributed by atoms with E-state index in [1.807, 2.05) is 6.92 Å². The molecule has 0 fully saturated rings. The number of nitrogens with one attached hydrogen (secondary N) is 1. The molecule has 2 rings (SSSR count). The smallest absolute Gasteiger partial charge is 0.308 e. The number of hydrogen-bond donors (Lipinski definition) is 2. The maximum Gasteiger partial charge on any atom is 0.308 e. The summed E-state index contributed by atoms with van der Waals surface area (Å²) in [5, 5.41) is 9.40. The number of thiophene rings is 1. The van der Waals surface area contributed by atoms with Crippen LogP contribution in [0.4, 0.5) is 0 Å². The van der Waals surface area contributed by atoms with E-state index < -0.39 is 16.0 Å². The summed E-state index contributed by atoms with van der Waals surface area (Å²) in [6.45, 7) is 2.15. The SMILES string of the molecule is CCc1cnc(CNS(=O)(=O)c2ccc(CC(=O)O)s2)s1. The number of nitrogens with zero attached hydrogens (tertiary/aromatic N) is 1. The van der Waals surface area contributed by atoms with Crippen LogP contribution in [0.1, 0.15) is 21.7 Å². The molecule has 21 heavy (non-hydrogen) atoms. The van der Waals surface area contributed by atoms with Crippen LogP contribution in [0.15, 0.2) is 22.5 Å². The monoisotopic (exact) mass is 346 g/mol. The summed E-state index contributed by atoms with van der Waals surface area (Å²) in [6.07, 6.45) is 2.44. The van der Waals surface area contributed by atoms with E-state index in [0.29, 0.717) is 9.88 Å². The number of aryl methyl sites for hydroxylation is 1. The average Bonchev–Trinajstić information content (AvgIpc) is 3.04. The number of sulfonamides is 1. The molecular formula is C12H14N2O4S3. The molecule has 6 nitrogen and oxygen atoms in total. The second-order valence-corrected chi connectivity index (χ2v) is 8.55. The standard InChI is InChI=1S/C12H14N2O4S3/c1-2-8-6-13-10(19-8)7-14-21(17,18)12-4-3-9(20-12)5-11(15)16/h3-4,6,14H,2,5,7H2,1H3,(H,15,16). The van der Waals surface area contributed by atoms with Gasteiger partial charge in [-0.3, -0.25) is 4.79 Å². The Kier molecular flexibility index (Phi) is 5.09. The Morgan fingerprint density at radius 1 is 1.33 bits per heavy atom. The van der Waals surface area contributed by atoms with Crippen molar-refractivity contribution >= 4 is 38.7 Å². The highest BCUT2D eigenvalue weighted by Gasteiger charge is 2.18. The fourth-order valence-electron chi connectivity index (χ4n) is 1.57. The first-order valence-electron chi connectivity index (χ1n) is 6.14. The Hall–Kier alpha value is -1.29. The fraction of sp³-hybridized carbons (Fsp3) is 0.333. The van der Waals surface area contributed by atoms with Gasteiger partial charge >= 0.3 is 5.97 Å². The molecule has 0 amide bonds. The summed E-state index contributed by atoms with van der Waals surface area (Å²) >= 11 is 2.43. The lowest BCUT2D eigenvalue weighted by molar-refractivity contribution is -0.136. The lowest BCUT2D eigenvalue weighted by Crippen LogP contribution is -2.22. The molecule has 2 aromatic heterocycles. The normalized spacial score (nSPS) is 11.7. The minimum Gasteiger partial charge on any atom is -0.481 e. The topological polar surface area (TPSA) is 96.4 Å². The summed E-state index contributed by atoms with van der Waals surface area (Å²) in [6, 6.07) is 2.94. The van der Waals surface area contributed by atoms with Crippen LogP contribution in [-0.4, -0.2) is 24.5 Å². The predicted octanol–water partition coefficient (Wildman–Crippen LogP) is 1.87. The first kappa shape index (κ1) is 16.1. The van der Waals surface area contributed by atoms with Gasteiger partial charge in [-0.15, -0.1) is 22.7 Å². The van der Waals surface area contributed by atoms with Gasteiger partial charge in [-0.05, 0) is 18.6 Å². The van der Waals surface area contributed by atoms with Gasteiger partial charge in [0.1, 0.15) is 9.22 Å². The van der Waals surface area contributed by atoms with Crippen LogP contribution in [0.2, 0.25) is 0 Å². The lowest BCUT2D eigenvalue weighted by atomic mass is 10.3. The Balaban J connectivity index is 2.04. The van der Waals surface area contributed by atoms with Crippen LogP contribution >= 0.6 is 22.7 Å². The molecule has 0 saturated carbocycles. The number of thiazole rings is 1. The zero-order chi connectivity index (χ0) is 15.5. The van der Waals surface area contributed by atoms with E-state index in [2.05, 4.69) is 9.71 Å². The van der Waals surface area contributed by atoms with Crippen molar-refractivity contribution in [3.8, 4) is 0 Å². The number of aliphatic carboxylic acids is 1. The van der Waals surface area contributed by atoms with Gasteiger partial charge in [0.25, 0.3) is 0 Å². The number of aromatic nitrogens is 1. The number of hydrogen-bond acceptors (Lipinski definition) is 6. The minimum atomic E-state index is -3.63. The molecule has 0 aliphatic carbocycles. The lowest BCUT2D eigenvalue weighted by Gasteiger charge is -2.02. The van der Waals surface area contributed by atoms with Gasteiger partial charge in [-0.1, -0.05) is 6.92 Å². The highest BCUT2D eigenvalue weighted by Crippen LogP contribution is 2.22. The van der Waals surface area contributed by atoms with Crippen molar-refractivity contribution in [1.29, 1.82) is 0 Å². The zero-order valence-electron chi connectivity index (χ0n) is 11.2. The van der Waals surface area contributed by atoms with E-state index >= 15 is 0 Å². The van der Waals surface area contributed by atoms with Crippen molar-refractivity contribution in [2.45, 2.75) is 30.5 Å². The van der Waals surface area contributed by atoms with Crippen LogP contribution < -0.4 is 4.72 Å². The molecule has 0 unspecified atom stereocenters. The van der Waals surface area contributed by atoms with Gasteiger partial charge in [-0.2, -0.15) is 0 Å². The number of rotatable bonds is 7. The second-order valence-electron chi connectivity index (χ2n) is 4.19. The van der Waals surface area contributed by atoms with Gasteiger partial charge in [0, 0.05) is 16.0 Å². The first-order valence-corrected chi connectivity index (χ1v) is 9.26. The number of carboxylic acids is 1. The molecule has 0 saturated heterocycles. The van der Waals surface area contributed by atoms with Gasteiger partial charge in [0.2, 0.25) is 10.0 Å². The van der Waals surface area contributed by atoms with E-state index in [4.69, 9.17) is 5.11 Å². The molecule has 2 aromatic rings. The van der Waals surface area contributed by atoms with Crippen LogP contribution in [-0.2, 0) is 34.2 Å². The Morgan fingerprint density at radius 3 is 2.71 bits per heavy atom. The van der Waals surface area contributed by atoms with Gasteiger partial charge < -0.3 is 5.11 Å². The van der Waals surface area contributed by atoms with E-state index in [0.717, 1.165) is 22.6 Å². The van der Waals surface area contributed by atoms with Crippen molar-refractivity contribution in [1.82, 2.24) is 9.71 Å². The molecule has 0 aromatic carbocycles. The molecule has 0 aliphatic rings. The highest BCUT2D eigenvalue weighted by molar-refractivity contribution is 7.91. The van der Waals surface area contributed by atoms with Crippen LogP contribution in [0.5, 0.6) is 0 Å². The molecule has 0 radical (unpaired) electrons. The van der Waals surface area contributed by atoms with Crippen molar-refractivity contribution < 1.29 is 18.3 Å². The van der Waals surface area contributed by atoms with Gasteiger partial charge in [0.15, 0.2) is 0 Å². The molecule has 114 valence electrons. The van der Waals surface area contributed by atoms with Crippen LogP contribution in [0.25, 0.3) is 0 Å². The summed E-state index contributed by atoms with van der Waals surface area (Å²) in [5.74, 6) is -0.983. The molecule has 0 bridgehead atoms. The van der Waals surface area contributed by atoms with Gasteiger partial charge in [0.05, 0.1) is 13.0 Å². The molecule has 0 spiro atoms. The Morgan fingerprint density at radius 2 is 2.10 bits per heavy atom. The molecule has 2 N–H and O–H groups in total. The predicted molar refractivity (Wildman–Crippen MR) is 81.2 cm³/mol. The first-order chi connectivity index (χ1) is 9.90. The summed E-state index contributed by atoms with van der Waals surface area (Å²) in [5.41, 5.74) is 0. The molecule has 0 aliphatic heterocycles. The average molecular weight is 346 g/mol. The third-order valence-corrected chi connectivity index (χ3v) is 6.71. The largest absolute Gasteiger partial charge is 0.481 e. The third-order valence-electron chi connectivity index (χ3n) is 2.59. The fourth-order valence-corrected chi connectivity index (χ4v) is 4.84. The highest BCUT2D eigenvalue weighted by atomic mass is 32.2. The maximum atomic E-state index is 12.1. The van der Waals surface area contributed by atoms with E-state index in [1.165, 1.54) is 23.5 Å². The molecular weight excluding hydrogens is 332 g/mol. The molecule has 9 heteroatoms. The number of carbonyl (C=O) groups is 1. The van der Waals surface area contributed by atoms with E-state index in [9.17, 15) is 13.2 Å². The zero-order valence-corrected chi connectivity index (χ0v) is 13.6. The minimum absolute atomic E-state index is 0.117. The molecule has 2 heterocycles. The third kappa shape index (κ3) is 4.34. The second kappa shape index (κ2) is 6.65. The Labute approximate surface area is 130 Å². The quantitative estimate of drug-likeness (QED) is 0.798.